The molecule has 3 rings (SSSR count). The van der Waals surface area contributed by atoms with Crippen LogP contribution in [0.5, 0.6) is 11.5 Å². The number of para-hydroxylation sites is 3. The van der Waals surface area contributed by atoms with Crippen LogP contribution in [0.3, 0.4) is 0 Å². The fourth-order valence-electron chi connectivity index (χ4n) is 2.21. The van der Waals surface area contributed by atoms with Crippen molar-refractivity contribution in [1.82, 2.24) is 0 Å². The van der Waals surface area contributed by atoms with Crippen molar-refractivity contribution in [2.75, 3.05) is 7.11 Å². The van der Waals surface area contributed by atoms with E-state index >= 15 is 0 Å². The van der Waals surface area contributed by atoms with Gasteiger partial charge in [0.2, 0.25) is 5.90 Å². The zero-order valence-corrected chi connectivity index (χ0v) is 15.2. The highest BCUT2D eigenvalue weighted by Crippen LogP contribution is 2.27. The molecule has 0 N–H and O–H groups in total. The van der Waals surface area contributed by atoms with E-state index in [1.54, 1.807) is 18.9 Å². The monoisotopic (exact) mass is 361 g/mol. The molecular weight excluding hydrogens is 342 g/mol. The molecule has 0 aliphatic rings. The van der Waals surface area contributed by atoms with Crippen molar-refractivity contribution >= 4 is 23.3 Å². The summed E-state index contributed by atoms with van der Waals surface area (Å²) < 4.78 is 11.3. The first-order chi connectivity index (χ1) is 12.8. The lowest BCUT2D eigenvalue weighted by molar-refractivity contribution is 0.416. The Bertz CT molecular complexity index is 877. The maximum atomic E-state index is 5.95. The molecule has 3 nitrogen and oxygen atoms in total. The minimum atomic E-state index is 0.490. The largest absolute Gasteiger partial charge is 0.494 e. The van der Waals surface area contributed by atoms with Crippen LogP contribution in [0.1, 0.15) is 0 Å². The molecule has 0 saturated heterocycles. The van der Waals surface area contributed by atoms with Crippen molar-refractivity contribution in [2.24, 2.45) is 4.99 Å². The van der Waals surface area contributed by atoms with Crippen LogP contribution in [0.2, 0.25) is 0 Å². The van der Waals surface area contributed by atoms with Crippen LogP contribution >= 0.6 is 11.8 Å². The number of thioether (sulfide) groups is 1. The average molecular weight is 361 g/mol. The van der Waals surface area contributed by atoms with E-state index in [1.807, 2.05) is 84.3 Å². The van der Waals surface area contributed by atoms with Gasteiger partial charge in [-0.15, -0.1) is 0 Å². The highest BCUT2D eigenvalue weighted by Gasteiger charge is 2.04. The molecule has 0 saturated carbocycles. The van der Waals surface area contributed by atoms with E-state index < -0.39 is 0 Å². The number of nitrogens with zero attached hydrogens (tertiary/aromatic N) is 1. The van der Waals surface area contributed by atoms with E-state index in [4.69, 9.17) is 9.47 Å². The Hall–Kier alpha value is -2.98. The minimum absolute atomic E-state index is 0.490. The Morgan fingerprint density at radius 2 is 1.50 bits per heavy atom. The molecule has 0 fully saturated rings. The van der Waals surface area contributed by atoms with E-state index in [0.717, 1.165) is 16.3 Å². The summed E-state index contributed by atoms with van der Waals surface area (Å²) >= 11 is 1.61. The number of benzene rings is 3. The van der Waals surface area contributed by atoms with Gasteiger partial charge in [0.1, 0.15) is 17.2 Å². The van der Waals surface area contributed by atoms with E-state index in [-0.39, 0.29) is 0 Å². The van der Waals surface area contributed by atoms with Gasteiger partial charge >= 0.3 is 0 Å². The van der Waals surface area contributed by atoms with E-state index in [0.29, 0.717) is 11.6 Å². The normalized spacial score (nSPS) is 11.5. The molecule has 3 aromatic carbocycles. The maximum Gasteiger partial charge on any atom is 0.220 e. The van der Waals surface area contributed by atoms with Crippen LogP contribution in [0, 0.1) is 0 Å². The zero-order chi connectivity index (χ0) is 18.0. The molecule has 0 aliphatic heterocycles. The summed E-state index contributed by atoms with van der Waals surface area (Å²) in [6.45, 7) is 0. The Labute approximate surface area is 158 Å². The lowest BCUT2D eigenvalue weighted by atomic mass is 10.3. The highest BCUT2D eigenvalue weighted by molar-refractivity contribution is 8.02. The number of rotatable bonds is 6. The molecule has 0 atom stereocenters. The predicted octanol–water partition coefficient (Wildman–Crippen LogP) is 6.11. The number of hydrogen-bond acceptors (Lipinski definition) is 4. The summed E-state index contributed by atoms with van der Waals surface area (Å²) in [6, 6.07) is 27.4. The van der Waals surface area contributed by atoms with Gasteiger partial charge in [0.05, 0.1) is 7.11 Å². The van der Waals surface area contributed by atoms with Crippen LogP contribution in [0.4, 0.5) is 5.69 Å². The summed E-state index contributed by atoms with van der Waals surface area (Å²) in [5.74, 6) is 1.92. The van der Waals surface area contributed by atoms with Crippen molar-refractivity contribution in [1.29, 1.82) is 0 Å². The van der Waals surface area contributed by atoms with Gasteiger partial charge in [0.15, 0.2) is 0 Å². The first kappa shape index (κ1) is 17.8. The third-order valence-electron chi connectivity index (χ3n) is 3.44. The van der Waals surface area contributed by atoms with Gasteiger partial charge in [0.25, 0.3) is 0 Å². The second kappa shape index (κ2) is 9.49. The lowest BCUT2D eigenvalue weighted by Crippen LogP contribution is -2.04. The molecule has 0 bridgehead atoms. The van der Waals surface area contributed by atoms with Crippen LogP contribution in [0.15, 0.2) is 106 Å². The highest BCUT2D eigenvalue weighted by atomic mass is 32.2. The van der Waals surface area contributed by atoms with E-state index in [1.165, 1.54) is 0 Å². The van der Waals surface area contributed by atoms with Crippen LogP contribution in [0.25, 0.3) is 0 Å². The predicted molar refractivity (Wildman–Crippen MR) is 109 cm³/mol. The molecular formula is C22H19NO2S. The van der Waals surface area contributed by atoms with Gasteiger partial charge in [-0.1, -0.05) is 60.3 Å². The molecule has 0 unspecified atom stereocenters. The number of hydrogen-bond donors (Lipinski definition) is 0. The Kier molecular flexibility index (Phi) is 6.51. The Morgan fingerprint density at radius 1 is 0.846 bits per heavy atom. The fraction of sp³-hybridized carbons (Fsp3) is 0.0455. The summed E-state index contributed by atoms with van der Waals surface area (Å²) in [7, 11) is 1.63. The van der Waals surface area contributed by atoms with Gasteiger partial charge in [0, 0.05) is 11.0 Å². The fourth-order valence-corrected chi connectivity index (χ4v) is 2.87. The number of ether oxygens (including phenoxy) is 2. The van der Waals surface area contributed by atoms with Crippen molar-refractivity contribution in [3.63, 3.8) is 0 Å². The van der Waals surface area contributed by atoms with Crippen molar-refractivity contribution in [2.45, 2.75) is 4.90 Å². The molecule has 0 aromatic heterocycles. The molecule has 0 spiro atoms. The maximum absolute atomic E-state index is 5.95. The summed E-state index contributed by atoms with van der Waals surface area (Å²) in [5.41, 5.74) is 0.718. The van der Waals surface area contributed by atoms with Crippen molar-refractivity contribution in [3.05, 3.63) is 96.4 Å². The van der Waals surface area contributed by atoms with Crippen LogP contribution in [-0.4, -0.2) is 13.0 Å². The minimum Gasteiger partial charge on any atom is -0.494 e. The summed E-state index contributed by atoms with van der Waals surface area (Å²) in [6.07, 6.45) is 1.86. The standard InChI is InChI=1S/C22H19NO2S/c1-24-21-15-9-8-14-20(21)23-22(25-18-10-4-2-5-11-18)16-17-26-19-12-6-3-7-13-19/h2-17H,1H3. The van der Waals surface area contributed by atoms with E-state index in [9.17, 15) is 0 Å². The first-order valence-electron chi connectivity index (χ1n) is 8.18. The molecule has 130 valence electrons. The van der Waals surface area contributed by atoms with Gasteiger partial charge in [-0.25, -0.2) is 4.99 Å². The first-order valence-corrected chi connectivity index (χ1v) is 9.06. The lowest BCUT2D eigenvalue weighted by Gasteiger charge is -2.08. The average Bonchev–Trinajstić information content (AvgIpc) is 2.70. The second-order valence-corrected chi connectivity index (χ2v) is 6.25. The smallest absolute Gasteiger partial charge is 0.220 e. The van der Waals surface area contributed by atoms with Gasteiger partial charge in [-0.05, 0) is 41.8 Å². The van der Waals surface area contributed by atoms with Gasteiger partial charge < -0.3 is 9.47 Å². The molecule has 0 radical (unpaired) electrons. The second-order valence-electron chi connectivity index (χ2n) is 5.27. The van der Waals surface area contributed by atoms with Gasteiger partial charge in [-0.2, -0.15) is 0 Å². The molecule has 0 amide bonds. The van der Waals surface area contributed by atoms with Crippen molar-refractivity contribution in [3.8, 4) is 11.5 Å². The molecule has 0 aliphatic carbocycles. The summed E-state index contributed by atoms with van der Waals surface area (Å²) in [4.78, 5) is 5.78. The zero-order valence-electron chi connectivity index (χ0n) is 14.4. The van der Waals surface area contributed by atoms with Crippen LogP contribution < -0.4 is 9.47 Å². The van der Waals surface area contributed by atoms with Gasteiger partial charge in [-0.3, -0.25) is 0 Å². The molecule has 3 aromatic rings. The molecule has 4 heteroatoms. The molecule has 0 heterocycles. The molecule has 26 heavy (non-hydrogen) atoms. The topological polar surface area (TPSA) is 30.8 Å². The van der Waals surface area contributed by atoms with Crippen LogP contribution in [-0.2, 0) is 0 Å². The summed E-state index contributed by atoms with van der Waals surface area (Å²) in [5, 5.41) is 1.96. The Morgan fingerprint density at radius 3 is 2.23 bits per heavy atom. The van der Waals surface area contributed by atoms with Crippen molar-refractivity contribution < 1.29 is 9.47 Å². The van der Waals surface area contributed by atoms with E-state index in [2.05, 4.69) is 17.1 Å². The Balaban J connectivity index is 1.84. The SMILES string of the molecule is COc1ccccc1N=C(C=CSc1ccccc1)Oc1ccccc1. The number of methoxy groups -OCH3 is 1. The third-order valence-corrected chi connectivity index (χ3v) is 4.26. The number of aliphatic imine (C=N–C) groups is 1. The quantitative estimate of drug-likeness (QED) is 0.301. The third kappa shape index (κ3) is 5.26.